The molecule has 0 fully saturated rings. The molecule has 0 bridgehead atoms. The molecule has 3 nitrogen and oxygen atoms in total. The highest BCUT2D eigenvalue weighted by molar-refractivity contribution is 7.11. The molecule has 0 N–H and O–H groups in total. The second-order valence-electron chi connectivity index (χ2n) is 3.67. The van der Waals surface area contributed by atoms with E-state index < -0.39 is 0 Å². The molecule has 0 aliphatic heterocycles. The summed E-state index contributed by atoms with van der Waals surface area (Å²) in [6, 6.07) is 7.96. The van der Waals surface area contributed by atoms with Gasteiger partial charge in [0.25, 0.3) is 0 Å². The lowest BCUT2D eigenvalue weighted by Gasteiger charge is -2.00. The molecule has 0 saturated carbocycles. The number of nitrogens with zero attached hydrogens (tertiary/aromatic N) is 2. The average molecular weight is 269 g/mol. The Labute approximate surface area is 109 Å². The molecule has 90 valence electrons. The van der Waals surface area contributed by atoms with E-state index in [0.717, 1.165) is 22.2 Å². The molecule has 0 aliphatic carbocycles. The van der Waals surface area contributed by atoms with Crippen LogP contribution in [-0.2, 0) is 6.42 Å². The van der Waals surface area contributed by atoms with Crippen LogP contribution in [0.3, 0.4) is 0 Å². The zero-order chi connectivity index (χ0) is 12.3. The Balaban J connectivity index is 2.08. The van der Waals surface area contributed by atoms with Gasteiger partial charge in [-0.15, -0.1) is 21.8 Å². The minimum atomic E-state index is -0.0721. The number of halogens is 1. The van der Waals surface area contributed by atoms with Crippen molar-refractivity contribution in [3.8, 4) is 5.75 Å². The molecule has 0 saturated heterocycles. The fourth-order valence-electron chi connectivity index (χ4n) is 1.42. The zero-order valence-corrected chi connectivity index (χ0v) is 11.3. The molecule has 0 amide bonds. The molecule has 0 spiro atoms. The van der Waals surface area contributed by atoms with Crippen LogP contribution in [0.25, 0.3) is 0 Å². The Morgan fingerprint density at radius 2 is 2.00 bits per heavy atom. The summed E-state index contributed by atoms with van der Waals surface area (Å²) < 4.78 is 5.11. The number of alkyl halides is 1. The van der Waals surface area contributed by atoms with Crippen LogP contribution in [-0.4, -0.2) is 17.3 Å². The first-order valence-corrected chi connectivity index (χ1v) is 6.53. The highest BCUT2D eigenvalue weighted by Gasteiger charge is 2.09. The van der Waals surface area contributed by atoms with Crippen LogP contribution in [0.4, 0.5) is 0 Å². The van der Waals surface area contributed by atoms with E-state index in [2.05, 4.69) is 10.2 Å². The number of aromatic nitrogens is 2. The largest absolute Gasteiger partial charge is 0.497 e. The summed E-state index contributed by atoms with van der Waals surface area (Å²) in [6.07, 6.45) is 0.783. The van der Waals surface area contributed by atoms with Gasteiger partial charge >= 0.3 is 0 Å². The van der Waals surface area contributed by atoms with Crippen LogP contribution < -0.4 is 4.74 Å². The predicted molar refractivity (Wildman–Crippen MR) is 70.0 cm³/mol. The molecule has 17 heavy (non-hydrogen) atoms. The van der Waals surface area contributed by atoms with Crippen molar-refractivity contribution in [2.75, 3.05) is 7.11 Å². The van der Waals surface area contributed by atoms with Crippen molar-refractivity contribution in [1.29, 1.82) is 0 Å². The highest BCUT2D eigenvalue weighted by atomic mass is 35.5. The van der Waals surface area contributed by atoms with Crippen molar-refractivity contribution >= 4 is 22.9 Å². The van der Waals surface area contributed by atoms with Gasteiger partial charge in [-0.1, -0.05) is 23.5 Å². The van der Waals surface area contributed by atoms with Crippen molar-refractivity contribution < 1.29 is 4.74 Å². The summed E-state index contributed by atoms with van der Waals surface area (Å²) in [5.74, 6) is 0.862. The lowest BCUT2D eigenvalue weighted by atomic mass is 10.1. The van der Waals surface area contributed by atoms with E-state index in [9.17, 15) is 0 Å². The fourth-order valence-corrected chi connectivity index (χ4v) is 2.40. The third-order valence-corrected chi connectivity index (χ3v) is 3.78. The third kappa shape index (κ3) is 3.17. The van der Waals surface area contributed by atoms with E-state index >= 15 is 0 Å². The van der Waals surface area contributed by atoms with Gasteiger partial charge in [0.15, 0.2) is 0 Å². The van der Waals surface area contributed by atoms with Crippen LogP contribution in [0.1, 0.15) is 27.9 Å². The zero-order valence-electron chi connectivity index (χ0n) is 9.68. The molecule has 0 radical (unpaired) electrons. The Kier molecular flexibility index (Phi) is 3.97. The number of rotatable bonds is 4. The van der Waals surface area contributed by atoms with Gasteiger partial charge < -0.3 is 4.74 Å². The molecule has 1 atom stereocenters. The number of hydrogen-bond donors (Lipinski definition) is 0. The first kappa shape index (κ1) is 12.3. The minimum Gasteiger partial charge on any atom is -0.497 e. The second-order valence-corrected chi connectivity index (χ2v) is 5.42. The quantitative estimate of drug-likeness (QED) is 0.797. The van der Waals surface area contributed by atoms with Gasteiger partial charge in [-0.2, -0.15) is 0 Å². The topological polar surface area (TPSA) is 35.0 Å². The van der Waals surface area contributed by atoms with Crippen LogP contribution in [0, 0.1) is 0 Å². The monoisotopic (exact) mass is 268 g/mol. The van der Waals surface area contributed by atoms with E-state index in [1.54, 1.807) is 18.4 Å². The SMILES string of the molecule is COc1ccc(Cc2nnc(C(C)Cl)s2)cc1. The second kappa shape index (κ2) is 5.47. The van der Waals surface area contributed by atoms with Gasteiger partial charge in [0.2, 0.25) is 0 Å². The molecular formula is C12H13ClN2OS. The van der Waals surface area contributed by atoms with Crippen LogP contribution in [0.15, 0.2) is 24.3 Å². The lowest BCUT2D eigenvalue weighted by molar-refractivity contribution is 0.414. The molecule has 0 aliphatic rings. The normalized spacial score (nSPS) is 12.4. The lowest BCUT2D eigenvalue weighted by Crippen LogP contribution is -1.88. The summed E-state index contributed by atoms with van der Waals surface area (Å²) >= 11 is 7.51. The molecular weight excluding hydrogens is 256 g/mol. The minimum absolute atomic E-state index is 0.0721. The number of benzene rings is 1. The molecule has 2 aromatic rings. The number of hydrogen-bond acceptors (Lipinski definition) is 4. The smallest absolute Gasteiger partial charge is 0.135 e. The number of methoxy groups -OCH3 is 1. The van der Waals surface area contributed by atoms with Crippen molar-refractivity contribution in [3.63, 3.8) is 0 Å². The molecule has 1 unspecified atom stereocenters. The van der Waals surface area contributed by atoms with Crippen molar-refractivity contribution in [1.82, 2.24) is 10.2 Å². The molecule has 1 heterocycles. The van der Waals surface area contributed by atoms with Crippen LogP contribution >= 0.6 is 22.9 Å². The summed E-state index contributed by atoms with van der Waals surface area (Å²) in [7, 11) is 1.66. The van der Waals surface area contributed by atoms with Crippen molar-refractivity contribution in [2.24, 2.45) is 0 Å². The van der Waals surface area contributed by atoms with Gasteiger partial charge in [0.05, 0.1) is 12.5 Å². The maximum Gasteiger partial charge on any atom is 0.135 e. The first-order valence-electron chi connectivity index (χ1n) is 5.28. The van der Waals surface area contributed by atoms with Crippen molar-refractivity contribution in [2.45, 2.75) is 18.7 Å². The Morgan fingerprint density at radius 3 is 2.53 bits per heavy atom. The maximum atomic E-state index is 5.95. The highest BCUT2D eigenvalue weighted by Crippen LogP contribution is 2.24. The first-order chi connectivity index (χ1) is 8.19. The Morgan fingerprint density at radius 1 is 1.29 bits per heavy atom. The Bertz CT molecular complexity index is 482. The van der Waals surface area contributed by atoms with Gasteiger partial charge in [-0.25, -0.2) is 0 Å². The molecule has 1 aromatic heterocycles. The molecule has 1 aromatic carbocycles. The molecule has 5 heteroatoms. The summed E-state index contributed by atoms with van der Waals surface area (Å²) in [4.78, 5) is 0. The maximum absolute atomic E-state index is 5.95. The van der Waals surface area contributed by atoms with Crippen LogP contribution in [0.5, 0.6) is 5.75 Å². The Hall–Kier alpha value is -1.13. The third-order valence-electron chi connectivity index (χ3n) is 2.34. The fraction of sp³-hybridized carbons (Fsp3) is 0.333. The van der Waals surface area contributed by atoms with E-state index in [0.29, 0.717) is 0 Å². The van der Waals surface area contributed by atoms with Gasteiger partial charge in [-0.05, 0) is 24.6 Å². The number of ether oxygens (including phenoxy) is 1. The van der Waals surface area contributed by atoms with Crippen LogP contribution in [0.2, 0.25) is 0 Å². The standard InChI is InChI=1S/C12H13ClN2OS/c1-8(13)12-15-14-11(17-12)7-9-3-5-10(16-2)6-4-9/h3-6,8H,7H2,1-2H3. The van der Waals surface area contributed by atoms with E-state index in [4.69, 9.17) is 16.3 Å². The van der Waals surface area contributed by atoms with Gasteiger partial charge in [0, 0.05) is 6.42 Å². The van der Waals surface area contributed by atoms with Gasteiger partial charge in [0.1, 0.15) is 15.8 Å². The average Bonchev–Trinajstić information content (AvgIpc) is 2.79. The van der Waals surface area contributed by atoms with E-state index in [1.165, 1.54) is 5.56 Å². The summed E-state index contributed by atoms with van der Waals surface area (Å²) in [5, 5.41) is 9.97. The summed E-state index contributed by atoms with van der Waals surface area (Å²) in [6.45, 7) is 1.90. The van der Waals surface area contributed by atoms with E-state index in [-0.39, 0.29) is 5.38 Å². The van der Waals surface area contributed by atoms with Crippen molar-refractivity contribution in [3.05, 3.63) is 39.8 Å². The van der Waals surface area contributed by atoms with Gasteiger partial charge in [-0.3, -0.25) is 0 Å². The predicted octanol–water partition coefficient (Wildman–Crippen LogP) is 3.44. The molecule has 2 rings (SSSR count). The van der Waals surface area contributed by atoms with E-state index in [1.807, 2.05) is 31.2 Å². The summed E-state index contributed by atoms with van der Waals surface area (Å²) in [5.41, 5.74) is 1.19.